The Kier molecular flexibility index (Phi) is 13.7. The fraction of sp³-hybridized carbons (Fsp3) is 0.435. The Bertz CT molecular complexity index is 787. The molecule has 8 heteroatoms. The fourth-order valence-electron chi connectivity index (χ4n) is 2.65. The number of benzene rings is 2. The number of guanidine groups is 1. The van der Waals surface area contributed by atoms with Gasteiger partial charge in [0.1, 0.15) is 18.1 Å². The lowest BCUT2D eigenvalue weighted by atomic mass is 10.2. The van der Waals surface area contributed by atoms with Crippen LogP contribution in [0.5, 0.6) is 11.5 Å². The number of likely N-dealkylation sites (N-methyl/N-ethyl adjacent to an activating group) is 1. The molecular formula is C23H35IN4O3. The van der Waals surface area contributed by atoms with Crippen LogP contribution in [-0.4, -0.2) is 65.5 Å². The standard InChI is InChI=1S/C23H34N4O3.HI/c1-24-23(26-20-9-6-11-22(17-20)29-14-7-13-28-4)25-18-19-8-5-10-21(16-19)30-15-12-27(2)3;/h5-6,8-11,16-17H,7,12-15,18H2,1-4H3,(H2,24,25,26);1H. The first kappa shape index (κ1) is 27.0. The van der Waals surface area contributed by atoms with Crippen molar-refractivity contribution < 1.29 is 14.2 Å². The zero-order valence-electron chi connectivity index (χ0n) is 18.9. The molecule has 2 aromatic rings. The second-order valence-corrected chi connectivity index (χ2v) is 7.07. The van der Waals surface area contributed by atoms with Crippen molar-refractivity contribution in [3.05, 3.63) is 54.1 Å². The summed E-state index contributed by atoms with van der Waals surface area (Å²) < 4.78 is 16.6. The van der Waals surface area contributed by atoms with Crippen LogP contribution in [0.1, 0.15) is 12.0 Å². The van der Waals surface area contributed by atoms with E-state index in [1.54, 1.807) is 14.2 Å². The Hall–Kier alpha value is -2.04. The van der Waals surface area contributed by atoms with Gasteiger partial charge in [-0.3, -0.25) is 4.99 Å². The van der Waals surface area contributed by atoms with E-state index in [1.807, 2.05) is 56.6 Å². The Morgan fingerprint density at radius 3 is 2.39 bits per heavy atom. The molecular weight excluding hydrogens is 507 g/mol. The van der Waals surface area contributed by atoms with Crippen LogP contribution in [0.2, 0.25) is 0 Å². The van der Waals surface area contributed by atoms with Crippen LogP contribution in [0.25, 0.3) is 0 Å². The van der Waals surface area contributed by atoms with E-state index in [2.05, 4.69) is 26.6 Å². The van der Waals surface area contributed by atoms with E-state index in [-0.39, 0.29) is 24.0 Å². The summed E-state index contributed by atoms with van der Waals surface area (Å²) in [6.45, 7) is 3.50. The molecule has 0 fully saturated rings. The lowest BCUT2D eigenvalue weighted by Gasteiger charge is -2.14. The summed E-state index contributed by atoms with van der Waals surface area (Å²) >= 11 is 0. The highest BCUT2D eigenvalue weighted by Crippen LogP contribution is 2.18. The Balaban J connectivity index is 0.00000480. The maximum atomic E-state index is 5.81. The van der Waals surface area contributed by atoms with Gasteiger partial charge in [-0.05, 0) is 43.9 Å². The minimum absolute atomic E-state index is 0. The SMILES string of the molecule is CN=C(NCc1cccc(OCCN(C)C)c1)Nc1cccc(OCCCOC)c1.I. The third-order valence-electron chi connectivity index (χ3n) is 4.25. The van der Waals surface area contributed by atoms with Crippen molar-refractivity contribution in [2.75, 3.05) is 59.9 Å². The van der Waals surface area contributed by atoms with Gasteiger partial charge in [-0.1, -0.05) is 18.2 Å². The average molecular weight is 542 g/mol. The molecule has 0 radical (unpaired) electrons. The molecule has 2 rings (SSSR count). The van der Waals surface area contributed by atoms with Crippen LogP contribution in [0, 0.1) is 0 Å². The number of halogens is 1. The van der Waals surface area contributed by atoms with Crippen molar-refractivity contribution >= 4 is 35.6 Å². The molecule has 0 atom stereocenters. The first-order chi connectivity index (χ1) is 14.6. The second-order valence-electron chi connectivity index (χ2n) is 7.07. The van der Waals surface area contributed by atoms with E-state index in [4.69, 9.17) is 14.2 Å². The lowest BCUT2D eigenvalue weighted by molar-refractivity contribution is 0.172. The highest BCUT2D eigenvalue weighted by molar-refractivity contribution is 14.0. The van der Waals surface area contributed by atoms with Gasteiger partial charge in [-0.15, -0.1) is 24.0 Å². The molecule has 7 nitrogen and oxygen atoms in total. The molecule has 0 spiro atoms. The number of hydrogen-bond donors (Lipinski definition) is 2. The van der Waals surface area contributed by atoms with E-state index >= 15 is 0 Å². The van der Waals surface area contributed by atoms with Crippen molar-refractivity contribution in [2.24, 2.45) is 4.99 Å². The number of methoxy groups -OCH3 is 1. The first-order valence-electron chi connectivity index (χ1n) is 10.2. The number of anilines is 1. The van der Waals surface area contributed by atoms with Gasteiger partial charge in [-0.25, -0.2) is 0 Å². The summed E-state index contributed by atoms with van der Waals surface area (Å²) in [6.07, 6.45) is 0.856. The van der Waals surface area contributed by atoms with Crippen LogP contribution in [0.4, 0.5) is 5.69 Å². The third-order valence-corrected chi connectivity index (χ3v) is 4.25. The number of ether oxygens (including phenoxy) is 3. The van der Waals surface area contributed by atoms with Crippen LogP contribution in [0.15, 0.2) is 53.5 Å². The van der Waals surface area contributed by atoms with Gasteiger partial charge in [-0.2, -0.15) is 0 Å². The molecule has 0 aliphatic rings. The van der Waals surface area contributed by atoms with Gasteiger partial charge in [0.2, 0.25) is 0 Å². The molecule has 0 heterocycles. The predicted molar refractivity (Wildman–Crippen MR) is 138 cm³/mol. The topological polar surface area (TPSA) is 67.4 Å². The van der Waals surface area contributed by atoms with Crippen molar-refractivity contribution in [1.82, 2.24) is 10.2 Å². The number of hydrogen-bond acceptors (Lipinski definition) is 5. The van der Waals surface area contributed by atoms with Crippen LogP contribution in [-0.2, 0) is 11.3 Å². The monoisotopic (exact) mass is 542 g/mol. The van der Waals surface area contributed by atoms with E-state index < -0.39 is 0 Å². The molecule has 0 unspecified atom stereocenters. The Morgan fingerprint density at radius 1 is 0.968 bits per heavy atom. The summed E-state index contributed by atoms with van der Waals surface area (Å²) in [5.41, 5.74) is 2.03. The molecule has 0 amide bonds. The maximum Gasteiger partial charge on any atom is 0.195 e. The number of aliphatic imine (C=N–C) groups is 1. The quantitative estimate of drug-likeness (QED) is 0.184. The van der Waals surface area contributed by atoms with Crippen LogP contribution < -0.4 is 20.1 Å². The van der Waals surface area contributed by atoms with Crippen LogP contribution >= 0.6 is 24.0 Å². The maximum absolute atomic E-state index is 5.81. The third kappa shape index (κ3) is 11.2. The summed E-state index contributed by atoms with van der Waals surface area (Å²) in [7, 11) is 7.51. The highest BCUT2D eigenvalue weighted by atomic mass is 127. The van der Waals surface area contributed by atoms with Gasteiger partial charge < -0.3 is 29.7 Å². The Labute approximate surface area is 203 Å². The smallest absolute Gasteiger partial charge is 0.195 e. The largest absolute Gasteiger partial charge is 0.493 e. The molecule has 31 heavy (non-hydrogen) atoms. The summed E-state index contributed by atoms with van der Waals surface area (Å²) in [4.78, 5) is 6.40. The average Bonchev–Trinajstić information content (AvgIpc) is 2.74. The van der Waals surface area contributed by atoms with Crippen LogP contribution in [0.3, 0.4) is 0 Å². The van der Waals surface area contributed by atoms with Crippen molar-refractivity contribution in [3.8, 4) is 11.5 Å². The van der Waals surface area contributed by atoms with E-state index in [0.29, 0.717) is 32.3 Å². The molecule has 0 aliphatic heterocycles. The summed E-state index contributed by atoms with van der Waals surface area (Å²) in [6, 6.07) is 15.9. The van der Waals surface area contributed by atoms with E-state index in [0.717, 1.165) is 35.7 Å². The fourth-order valence-corrected chi connectivity index (χ4v) is 2.65. The van der Waals surface area contributed by atoms with Gasteiger partial charge >= 0.3 is 0 Å². The second kappa shape index (κ2) is 15.7. The Morgan fingerprint density at radius 2 is 1.68 bits per heavy atom. The summed E-state index contributed by atoms with van der Waals surface area (Å²) in [5, 5.41) is 6.63. The molecule has 0 aliphatic carbocycles. The minimum atomic E-state index is 0. The van der Waals surface area contributed by atoms with Crippen molar-refractivity contribution in [3.63, 3.8) is 0 Å². The lowest BCUT2D eigenvalue weighted by Crippen LogP contribution is -2.30. The molecule has 0 saturated carbocycles. The highest BCUT2D eigenvalue weighted by Gasteiger charge is 2.03. The first-order valence-corrected chi connectivity index (χ1v) is 10.2. The molecule has 2 N–H and O–H groups in total. The zero-order chi connectivity index (χ0) is 21.6. The molecule has 172 valence electrons. The molecule has 0 bridgehead atoms. The van der Waals surface area contributed by atoms with Gasteiger partial charge in [0, 0.05) is 52.0 Å². The normalized spacial score (nSPS) is 11.1. The molecule has 2 aromatic carbocycles. The van der Waals surface area contributed by atoms with Crippen molar-refractivity contribution in [2.45, 2.75) is 13.0 Å². The number of nitrogens with one attached hydrogen (secondary N) is 2. The molecule has 0 aromatic heterocycles. The van der Waals surface area contributed by atoms with E-state index in [9.17, 15) is 0 Å². The number of nitrogens with zero attached hydrogens (tertiary/aromatic N) is 2. The zero-order valence-corrected chi connectivity index (χ0v) is 21.2. The van der Waals surface area contributed by atoms with Gasteiger partial charge in [0.15, 0.2) is 5.96 Å². The predicted octanol–water partition coefficient (Wildman–Crippen LogP) is 3.85. The minimum Gasteiger partial charge on any atom is -0.493 e. The van der Waals surface area contributed by atoms with Crippen molar-refractivity contribution in [1.29, 1.82) is 0 Å². The molecule has 0 saturated heterocycles. The van der Waals surface area contributed by atoms with Gasteiger partial charge in [0.05, 0.1) is 6.61 Å². The van der Waals surface area contributed by atoms with Gasteiger partial charge in [0.25, 0.3) is 0 Å². The van der Waals surface area contributed by atoms with E-state index in [1.165, 1.54) is 0 Å². The number of rotatable bonds is 12. The summed E-state index contributed by atoms with van der Waals surface area (Å²) in [5.74, 6) is 2.37.